The van der Waals surface area contributed by atoms with E-state index >= 15 is 0 Å². The van der Waals surface area contributed by atoms with Gasteiger partial charge < -0.3 is 15.3 Å². The van der Waals surface area contributed by atoms with Crippen LogP contribution in [0.2, 0.25) is 0 Å². The number of carbonyl (C=O) groups is 1. The third-order valence-corrected chi connectivity index (χ3v) is 3.50. The van der Waals surface area contributed by atoms with Crippen LogP contribution in [0.25, 0.3) is 0 Å². The molecule has 0 saturated heterocycles. The fourth-order valence-electron chi connectivity index (χ4n) is 2.27. The monoisotopic (exact) mass is 276 g/mol. The van der Waals surface area contributed by atoms with Crippen molar-refractivity contribution >= 4 is 11.7 Å². The van der Waals surface area contributed by atoms with Gasteiger partial charge in [-0.15, -0.1) is 0 Å². The molecule has 0 spiro atoms. The molecule has 0 aliphatic carbocycles. The van der Waals surface area contributed by atoms with Gasteiger partial charge in [-0.1, -0.05) is 42.8 Å². The minimum absolute atomic E-state index is 0.0423. The molecule has 2 rings (SSSR count). The van der Waals surface area contributed by atoms with E-state index in [2.05, 4.69) is 24.2 Å². The molecule has 1 unspecified atom stereocenters. The van der Waals surface area contributed by atoms with Crippen molar-refractivity contribution in [3.8, 4) is 0 Å². The zero-order valence-electron chi connectivity index (χ0n) is 11.9. The van der Waals surface area contributed by atoms with Crippen LogP contribution in [0.15, 0.2) is 29.4 Å². The van der Waals surface area contributed by atoms with E-state index in [1.807, 2.05) is 12.1 Å². The summed E-state index contributed by atoms with van der Waals surface area (Å²) < 4.78 is 4.75. The normalized spacial score (nSPS) is 21.2. The fourth-order valence-corrected chi connectivity index (χ4v) is 2.27. The number of ether oxygens (including phenoxy) is 1. The molecule has 5 nitrogen and oxygen atoms in total. The largest absolute Gasteiger partial charge is 0.466 e. The van der Waals surface area contributed by atoms with Gasteiger partial charge in [0.1, 0.15) is 0 Å². The van der Waals surface area contributed by atoms with Gasteiger partial charge in [0.25, 0.3) is 5.60 Å². The molecule has 108 valence electrons. The summed E-state index contributed by atoms with van der Waals surface area (Å²) in [4.78, 5) is 17.1. The minimum atomic E-state index is -1.17. The van der Waals surface area contributed by atoms with Crippen LogP contribution >= 0.6 is 0 Å². The average Bonchev–Trinajstić information content (AvgIpc) is 2.93. The molecule has 0 fully saturated rings. The lowest BCUT2D eigenvalue weighted by Gasteiger charge is -2.21. The summed E-state index contributed by atoms with van der Waals surface area (Å²) >= 11 is 0. The quantitative estimate of drug-likeness (QED) is 0.830. The van der Waals surface area contributed by atoms with E-state index in [1.54, 1.807) is 0 Å². The van der Waals surface area contributed by atoms with E-state index < -0.39 is 11.6 Å². The summed E-state index contributed by atoms with van der Waals surface area (Å²) in [5.41, 5.74) is 7.44. The zero-order chi connectivity index (χ0) is 14.6. The summed E-state index contributed by atoms with van der Waals surface area (Å²) in [5.74, 6) is -0.485. The molecule has 0 saturated carbocycles. The third-order valence-electron chi connectivity index (χ3n) is 3.50. The van der Waals surface area contributed by atoms with Crippen LogP contribution in [0.3, 0.4) is 0 Å². The zero-order valence-corrected chi connectivity index (χ0v) is 11.9. The van der Waals surface area contributed by atoms with Crippen molar-refractivity contribution in [1.29, 1.82) is 0 Å². The maximum Gasteiger partial charge on any atom is 0.354 e. The van der Waals surface area contributed by atoms with Crippen molar-refractivity contribution in [2.45, 2.75) is 31.8 Å². The van der Waals surface area contributed by atoms with E-state index in [4.69, 9.17) is 15.3 Å². The summed E-state index contributed by atoms with van der Waals surface area (Å²) in [5, 5.41) is 4.01. The minimum Gasteiger partial charge on any atom is -0.466 e. The number of aryl methyl sites for hydroxylation is 1. The van der Waals surface area contributed by atoms with Crippen LogP contribution < -0.4 is 5.73 Å². The van der Waals surface area contributed by atoms with Gasteiger partial charge >= 0.3 is 5.97 Å². The van der Waals surface area contributed by atoms with Crippen LogP contribution in [0.4, 0.5) is 0 Å². The highest BCUT2D eigenvalue weighted by atomic mass is 16.7. The van der Waals surface area contributed by atoms with Crippen LogP contribution in [-0.4, -0.2) is 30.9 Å². The van der Waals surface area contributed by atoms with Crippen molar-refractivity contribution in [1.82, 2.24) is 0 Å². The molecule has 1 atom stereocenters. The molecule has 1 heterocycles. The Labute approximate surface area is 118 Å². The maximum atomic E-state index is 11.8. The van der Waals surface area contributed by atoms with Gasteiger partial charge in [0.05, 0.1) is 12.8 Å². The van der Waals surface area contributed by atoms with E-state index in [-0.39, 0.29) is 6.54 Å². The van der Waals surface area contributed by atoms with Crippen molar-refractivity contribution in [3.63, 3.8) is 0 Å². The number of oxime groups is 1. The maximum absolute atomic E-state index is 11.8. The summed E-state index contributed by atoms with van der Waals surface area (Å²) in [6, 6.07) is 8.14. The second-order valence-corrected chi connectivity index (χ2v) is 4.94. The molecule has 0 amide bonds. The Balaban J connectivity index is 2.13. The Hall–Kier alpha value is -1.88. The Morgan fingerprint density at radius 2 is 2.15 bits per heavy atom. The van der Waals surface area contributed by atoms with Crippen LogP contribution in [0.5, 0.6) is 0 Å². The number of nitrogens with two attached hydrogens (primary N) is 1. The fraction of sp³-hybridized carbons (Fsp3) is 0.467. The number of esters is 1. The molecule has 1 aliphatic rings. The number of nitrogens with zero attached hydrogens (tertiary/aromatic N) is 1. The molecule has 1 aromatic rings. The average molecular weight is 276 g/mol. The number of methoxy groups -OCH3 is 1. The lowest BCUT2D eigenvalue weighted by molar-refractivity contribution is -0.165. The first-order valence-corrected chi connectivity index (χ1v) is 6.78. The second kappa shape index (κ2) is 6.05. The van der Waals surface area contributed by atoms with Crippen LogP contribution in [-0.2, 0) is 20.8 Å². The summed E-state index contributed by atoms with van der Waals surface area (Å²) in [6.07, 6.45) is 2.50. The first kappa shape index (κ1) is 14.5. The molecule has 20 heavy (non-hydrogen) atoms. The lowest BCUT2D eigenvalue weighted by atomic mass is 9.93. The van der Waals surface area contributed by atoms with E-state index in [9.17, 15) is 4.79 Å². The van der Waals surface area contributed by atoms with Crippen molar-refractivity contribution in [2.75, 3.05) is 13.7 Å². The standard InChI is InChI=1S/C15H20N2O3/c1-3-4-11-5-7-12(8-6-11)13-9-15(10-16,20-17-13)14(18)19-2/h5-8H,3-4,9-10,16H2,1-2H3. The van der Waals surface area contributed by atoms with Gasteiger partial charge in [-0.2, -0.15) is 0 Å². The molecular formula is C15H20N2O3. The van der Waals surface area contributed by atoms with Crippen molar-refractivity contribution in [2.24, 2.45) is 10.9 Å². The highest BCUT2D eigenvalue weighted by molar-refractivity contribution is 6.04. The molecule has 2 N–H and O–H groups in total. The predicted octanol–water partition coefficient (Wildman–Crippen LogP) is 1.63. The Kier molecular flexibility index (Phi) is 4.39. The predicted molar refractivity (Wildman–Crippen MR) is 76.5 cm³/mol. The van der Waals surface area contributed by atoms with Gasteiger partial charge in [-0.3, -0.25) is 0 Å². The van der Waals surface area contributed by atoms with Gasteiger partial charge in [0.2, 0.25) is 0 Å². The summed E-state index contributed by atoms with van der Waals surface area (Å²) in [6.45, 7) is 2.19. The highest BCUT2D eigenvalue weighted by Crippen LogP contribution is 2.27. The van der Waals surface area contributed by atoms with Gasteiger partial charge in [-0.05, 0) is 17.5 Å². The first-order chi connectivity index (χ1) is 9.65. The second-order valence-electron chi connectivity index (χ2n) is 4.94. The Morgan fingerprint density at radius 1 is 1.45 bits per heavy atom. The SMILES string of the molecule is CCCc1ccc(C2=NOC(CN)(C(=O)OC)C2)cc1. The van der Waals surface area contributed by atoms with Gasteiger partial charge in [0.15, 0.2) is 0 Å². The van der Waals surface area contributed by atoms with E-state index in [1.165, 1.54) is 12.7 Å². The molecule has 1 aliphatic heterocycles. The summed E-state index contributed by atoms with van der Waals surface area (Å²) in [7, 11) is 1.32. The molecule has 0 bridgehead atoms. The van der Waals surface area contributed by atoms with Crippen LogP contribution in [0.1, 0.15) is 30.9 Å². The van der Waals surface area contributed by atoms with Crippen LogP contribution in [0, 0.1) is 0 Å². The number of carbonyl (C=O) groups excluding carboxylic acids is 1. The first-order valence-electron chi connectivity index (χ1n) is 6.78. The van der Waals surface area contributed by atoms with Gasteiger partial charge in [0, 0.05) is 13.0 Å². The van der Waals surface area contributed by atoms with Crippen molar-refractivity contribution in [3.05, 3.63) is 35.4 Å². The van der Waals surface area contributed by atoms with Gasteiger partial charge in [-0.25, -0.2) is 4.79 Å². The smallest absolute Gasteiger partial charge is 0.354 e. The third kappa shape index (κ3) is 2.67. The molecule has 0 aromatic heterocycles. The Morgan fingerprint density at radius 3 is 2.70 bits per heavy atom. The Bertz CT molecular complexity index is 510. The van der Waals surface area contributed by atoms with E-state index in [0.717, 1.165) is 24.1 Å². The topological polar surface area (TPSA) is 73.9 Å². The van der Waals surface area contributed by atoms with Crippen molar-refractivity contribution < 1.29 is 14.4 Å². The number of hydrogen-bond acceptors (Lipinski definition) is 5. The highest BCUT2D eigenvalue weighted by Gasteiger charge is 2.46. The van der Waals surface area contributed by atoms with E-state index in [0.29, 0.717) is 6.42 Å². The number of hydrogen-bond donors (Lipinski definition) is 1. The molecule has 1 aromatic carbocycles. The molecule has 5 heteroatoms. The molecular weight excluding hydrogens is 256 g/mol. The molecule has 0 radical (unpaired) electrons. The lowest BCUT2D eigenvalue weighted by Crippen LogP contribution is -2.46. The number of rotatable bonds is 5. The number of benzene rings is 1.